The zero-order valence-electron chi connectivity index (χ0n) is 24.1. The number of para-hydroxylation sites is 1. The zero-order valence-corrected chi connectivity index (χ0v) is 24.1. The molecule has 13 heteroatoms. The molecule has 1 aliphatic rings. The number of halogens is 2. The van der Waals surface area contributed by atoms with Crippen LogP contribution in [0.2, 0.25) is 0 Å². The van der Waals surface area contributed by atoms with Crippen molar-refractivity contribution in [3.63, 3.8) is 0 Å². The Morgan fingerprint density at radius 2 is 1.84 bits per heavy atom. The number of benzene rings is 2. The second-order valence-electron chi connectivity index (χ2n) is 12.1. The second kappa shape index (κ2) is 10.3. The molecule has 2 N–H and O–H groups in total. The third kappa shape index (κ3) is 4.97. The van der Waals surface area contributed by atoms with Crippen LogP contribution in [-0.4, -0.2) is 47.9 Å². The summed E-state index contributed by atoms with van der Waals surface area (Å²) in [6.07, 6.45) is 1.09. The molecule has 0 amide bonds. The number of rotatable bonds is 8. The summed E-state index contributed by atoms with van der Waals surface area (Å²) in [5, 5.41) is 44.3. The maximum atomic E-state index is 13.9. The number of hydrogen-bond acceptors (Lipinski definition) is 9. The van der Waals surface area contributed by atoms with Crippen molar-refractivity contribution in [2.75, 3.05) is 17.2 Å². The largest absolute Gasteiger partial charge is 0.383 e. The number of anilines is 2. The predicted octanol–water partition coefficient (Wildman–Crippen LogP) is 5.27. The Kier molecular flexibility index (Phi) is 6.69. The van der Waals surface area contributed by atoms with Crippen molar-refractivity contribution in [1.29, 1.82) is 10.5 Å². The van der Waals surface area contributed by atoms with E-state index in [2.05, 4.69) is 69.2 Å². The van der Waals surface area contributed by atoms with Crippen molar-refractivity contribution in [3.05, 3.63) is 65.1 Å². The van der Waals surface area contributed by atoms with E-state index >= 15 is 0 Å². The number of alkyl halides is 2. The number of pyridine rings is 1. The van der Waals surface area contributed by atoms with Crippen molar-refractivity contribution in [2.24, 2.45) is 12.5 Å². The number of aromatic nitrogens is 7. The third-order valence-electron chi connectivity index (χ3n) is 7.72. The normalized spacial score (nSPS) is 14.9. The molecule has 6 rings (SSSR count). The number of nitrogens with one attached hydrogen (secondary N) is 2. The first-order chi connectivity index (χ1) is 20.5. The summed E-state index contributed by atoms with van der Waals surface area (Å²) in [6.45, 7) is 6.81. The average molecular weight is 582 g/mol. The lowest BCUT2D eigenvalue weighted by Crippen LogP contribution is -2.26. The number of fused-ring (bicyclic) bond motifs is 2. The molecule has 218 valence electrons. The molecule has 1 atom stereocenters. The summed E-state index contributed by atoms with van der Waals surface area (Å²) in [5.74, 6) is 0. The van der Waals surface area contributed by atoms with Crippen molar-refractivity contribution >= 4 is 33.3 Å². The Balaban J connectivity index is 1.51. The lowest BCUT2D eigenvalue weighted by Gasteiger charge is -2.22. The summed E-state index contributed by atoms with van der Waals surface area (Å²) in [5.41, 5.74) is 3.34. The number of nitrogens with zero attached hydrogens (tertiary/aromatic N) is 9. The molecule has 0 aliphatic heterocycles. The van der Waals surface area contributed by atoms with Gasteiger partial charge in [-0.2, -0.15) is 10.5 Å². The highest BCUT2D eigenvalue weighted by Crippen LogP contribution is 2.48. The van der Waals surface area contributed by atoms with Crippen LogP contribution in [0.15, 0.2) is 42.7 Å². The third-order valence-corrected chi connectivity index (χ3v) is 7.72. The lowest BCUT2D eigenvalue weighted by molar-refractivity contribution is 0.0593. The Hall–Kier alpha value is -5.17. The van der Waals surface area contributed by atoms with E-state index in [1.165, 1.54) is 10.9 Å². The van der Waals surface area contributed by atoms with Crippen LogP contribution >= 0.6 is 0 Å². The van der Waals surface area contributed by atoms with Gasteiger partial charge in [-0.3, -0.25) is 4.98 Å². The van der Waals surface area contributed by atoms with Crippen LogP contribution in [0, 0.1) is 28.1 Å². The van der Waals surface area contributed by atoms with Crippen LogP contribution in [0.25, 0.3) is 21.9 Å². The second-order valence-corrected chi connectivity index (χ2v) is 12.1. The highest BCUT2D eigenvalue weighted by molar-refractivity contribution is 5.99. The van der Waals surface area contributed by atoms with Gasteiger partial charge in [-0.15, -0.1) is 10.2 Å². The van der Waals surface area contributed by atoms with E-state index in [0.29, 0.717) is 64.0 Å². The number of aryl methyl sites for hydroxylation is 1. The first-order valence-electron chi connectivity index (χ1n) is 13.8. The molecule has 5 aromatic rings. The van der Waals surface area contributed by atoms with Crippen LogP contribution < -0.4 is 10.6 Å². The SMILES string of the molecule is Cn1nnc2cccc([C@H](Nc3cc(C#N)c4ncc(C#N)c(NCC(C)(C)C)c4c3)c3cn(C4(C(F)F)CC4)nn3)c21. The quantitative estimate of drug-likeness (QED) is 0.250. The molecule has 0 radical (unpaired) electrons. The van der Waals surface area contributed by atoms with Crippen LogP contribution in [0.4, 0.5) is 20.2 Å². The maximum absolute atomic E-state index is 13.9. The van der Waals surface area contributed by atoms with E-state index in [1.54, 1.807) is 24.0 Å². The molecule has 43 heavy (non-hydrogen) atoms. The Labute approximate surface area is 246 Å². The van der Waals surface area contributed by atoms with E-state index in [-0.39, 0.29) is 5.41 Å². The molecule has 3 heterocycles. The molecular formula is C30H29F2N11. The van der Waals surface area contributed by atoms with Gasteiger partial charge in [0.05, 0.1) is 40.1 Å². The predicted molar refractivity (Wildman–Crippen MR) is 156 cm³/mol. The fourth-order valence-corrected chi connectivity index (χ4v) is 5.25. The highest BCUT2D eigenvalue weighted by Gasteiger charge is 2.54. The molecule has 1 fully saturated rings. The fraction of sp³-hybridized carbons (Fsp3) is 0.367. The molecule has 3 aromatic heterocycles. The molecule has 0 saturated heterocycles. The van der Waals surface area contributed by atoms with Crippen LogP contribution in [-0.2, 0) is 12.6 Å². The molecule has 1 saturated carbocycles. The molecule has 11 nitrogen and oxygen atoms in total. The van der Waals surface area contributed by atoms with Crippen LogP contribution in [0.5, 0.6) is 0 Å². The van der Waals surface area contributed by atoms with Crippen molar-refractivity contribution in [2.45, 2.75) is 51.6 Å². The zero-order chi connectivity index (χ0) is 30.5. The topological polar surface area (TPSA) is 146 Å². The van der Waals surface area contributed by atoms with Gasteiger partial charge in [0.25, 0.3) is 6.43 Å². The van der Waals surface area contributed by atoms with Gasteiger partial charge >= 0.3 is 0 Å². The first kappa shape index (κ1) is 28.0. The van der Waals surface area contributed by atoms with Gasteiger partial charge in [0.2, 0.25) is 0 Å². The van der Waals surface area contributed by atoms with E-state index in [0.717, 1.165) is 11.1 Å². The summed E-state index contributed by atoms with van der Waals surface area (Å²) in [4.78, 5) is 4.43. The summed E-state index contributed by atoms with van der Waals surface area (Å²) < 4.78 is 30.8. The van der Waals surface area contributed by atoms with Gasteiger partial charge in [-0.05, 0) is 36.5 Å². The van der Waals surface area contributed by atoms with Gasteiger partial charge in [-0.1, -0.05) is 43.3 Å². The monoisotopic (exact) mass is 581 g/mol. The fourth-order valence-electron chi connectivity index (χ4n) is 5.25. The Bertz CT molecular complexity index is 1930. The molecule has 0 bridgehead atoms. The van der Waals surface area contributed by atoms with Gasteiger partial charge in [0, 0.05) is 36.4 Å². The minimum Gasteiger partial charge on any atom is -0.383 e. The van der Waals surface area contributed by atoms with Gasteiger partial charge in [0.1, 0.15) is 28.9 Å². The Morgan fingerprint density at radius 3 is 2.51 bits per heavy atom. The smallest absolute Gasteiger partial charge is 0.263 e. The lowest BCUT2D eigenvalue weighted by atomic mass is 9.96. The van der Waals surface area contributed by atoms with Crippen LogP contribution in [0.3, 0.4) is 0 Å². The standard InChI is InChI=1S/C30H29F2N11/c1-29(2,3)16-36-25-18(13-34)14-35-24-17(12-33)10-19(11-21(24)25)37-26(20-6-5-7-22-27(20)42(4)40-38-22)23-15-43(41-39-23)30(8-9-30)28(31)32/h5-7,10-11,14-15,26,28,37H,8-9,16H2,1-4H3,(H,35,36)/t26-/m0/s1. The molecular weight excluding hydrogens is 552 g/mol. The van der Waals surface area contributed by atoms with E-state index in [9.17, 15) is 19.3 Å². The van der Waals surface area contributed by atoms with Crippen LogP contribution in [0.1, 0.15) is 62.0 Å². The van der Waals surface area contributed by atoms with E-state index < -0.39 is 18.0 Å². The average Bonchev–Trinajstić information content (AvgIpc) is 3.50. The minimum absolute atomic E-state index is 0.0832. The first-order valence-corrected chi connectivity index (χ1v) is 13.8. The van der Waals surface area contributed by atoms with Gasteiger partial charge in [0.15, 0.2) is 0 Å². The van der Waals surface area contributed by atoms with E-state index in [4.69, 9.17) is 0 Å². The summed E-state index contributed by atoms with van der Waals surface area (Å²) in [6, 6.07) is 12.8. The molecule has 1 aliphatic carbocycles. The van der Waals surface area contributed by atoms with Gasteiger partial charge in [-0.25, -0.2) is 18.1 Å². The van der Waals surface area contributed by atoms with Crippen molar-refractivity contribution < 1.29 is 8.78 Å². The van der Waals surface area contributed by atoms with Crippen molar-refractivity contribution in [1.82, 2.24) is 35.0 Å². The number of hydrogen-bond donors (Lipinski definition) is 2. The summed E-state index contributed by atoms with van der Waals surface area (Å²) >= 11 is 0. The molecule has 2 aromatic carbocycles. The van der Waals surface area contributed by atoms with E-state index in [1.807, 2.05) is 24.3 Å². The molecule has 0 spiro atoms. The minimum atomic E-state index is -2.57. The summed E-state index contributed by atoms with van der Waals surface area (Å²) in [7, 11) is 1.77. The number of nitriles is 2. The highest BCUT2D eigenvalue weighted by atomic mass is 19.3. The van der Waals surface area contributed by atoms with Crippen molar-refractivity contribution in [3.8, 4) is 12.1 Å². The molecule has 0 unspecified atom stereocenters. The van der Waals surface area contributed by atoms with Gasteiger partial charge < -0.3 is 10.6 Å². The Morgan fingerprint density at radius 1 is 1.07 bits per heavy atom. The maximum Gasteiger partial charge on any atom is 0.263 e.